The summed E-state index contributed by atoms with van der Waals surface area (Å²) in [4.78, 5) is 12.6. The number of ether oxygens (including phenoxy) is 2. The molecule has 0 radical (unpaired) electrons. The lowest BCUT2D eigenvalue weighted by Gasteiger charge is -2.29. The van der Waals surface area contributed by atoms with Crippen LogP contribution in [0.5, 0.6) is 0 Å². The molecule has 0 spiro atoms. The minimum absolute atomic E-state index is 0.268. The Bertz CT molecular complexity index is 698. The first kappa shape index (κ1) is 18.2. The van der Waals surface area contributed by atoms with Crippen molar-refractivity contribution in [2.45, 2.75) is 38.1 Å². The van der Waals surface area contributed by atoms with Gasteiger partial charge in [0.1, 0.15) is 6.61 Å². The highest BCUT2D eigenvalue weighted by molar-refractivity contribution is 7.85. The van der Waals surface area contributed by atoms with Gasteiger partial charge in [-0.05, 0) is 6.07 Å². The van der Waals surface area contributed by atoms with Gasteiger partial charge in [-0.15, -0.1) is 0 Å². The van der Waals surface area contributed by atoms with Crippen molar-refractivity contribution in [2.24, 2.45) is 0 Å². The molecule has 2 rings (SSSR count). The van der Waals surface area contributed by atoms with Crippen molar-refractivity contribution in [3.8, 4) is 0 Å². The van der Waals surface area contributed by atoms with Gasteiger partial charge in [0.2, 0.25) is 11.4 Å². The van der Waals surface area contributed by atoms with Crippen LogP contribution in [0.3, 0.4) is 0 Å². The molecule has 1 aromatic rings. The molecule has 128 valence electrons. The molecule has 1 unspecified atom stereocenters. The maximum Gasteiger partial charge on any atom is 0.348 e. The van der Waals surface area contributed by atoms with Crippen LogP contribution in [0, 0.1) is 0 Å². The number of rotatable bonds is 6. The Morgan fingerprint density at radius 3 is 2.30 bits per heavy atom. The van der Waals surface area contributed by atoms with Gasteiger partial charge in [-0.1, -0.05) is 43.6 Å². The quantitative estimate of drug-likeness (QED) is 0.571. The summed E-state index contributed by atoms with van der Waals surface area (Å²) in [5.41, 5.74) is -1.40. The van der Waals surface area contributed by atoms with Crippen LogP contribution in [0.15, 0.2) is 24.3 Å². The molecule has 0 N–H and O–H groups in total. The molecule has 8 heteroatoms. The van der Waals surface area contributed by atoms with E-state index in [9.17, 15) is 13.2 Å². The second-order valence-corrected chi connectivity index (χ2v) is 7.43. The number of hydrogen-bond acceptors (Lipinski definition) is 6. The topological polar surface area (TPSA) is 78.9 Å². The standard InChI is InChI=1S/C15H19ClO6S/c1-4-14(5-2)21-13(17)15(22-14,10-20-23(3,18)19)11-8-6-7-9-12(11)16/h6-9H,4-5,10H2,1-3H3. The van der Waals surface area contributed by atoms with Crippen LogP contribution < -0.4 is 0 Å². The zero-order valence-corrected chi connectivity index (χ0v) is 14.7. The summed E-state index contributed by atoms with van der Waals surface area (Å²) in [5, 5.41) is 0.268. The molecule has 0 amide bonds. The number of hydrogen-bond donors (Lipinski definition) is 0. The first-order chi connectivity index (χ1) is 10.7. The smallest absolute Gasteiger partial charge is 0.348 e. The van der Waals surface area contributed by atoms with E-state index in [1.165, 1.54) is 0 Å². The van der Waals surface area contributed by atoms with Gasteiger partial charge in [0.05, 0.1) is 6.26 Å². The molecule has 23 heavy (non-hydrogen) atoms. The van der Waals surface area contributed by atoms with E-state index < -0.39 is 34.1 Å². The van der Waals surface area contributed by atoms with Crippen molar-refractivity contribution < 1.29 is 26.9 Å². The lowest BCUT2D eigenvalue weighted by atomic mass is 9.94. The van der Waals surface area contributed by atoms with Gasteiger partial charge in [0.15, 0.2) is 0 Å². The van der Waals surface area contributed by atoms with Crippen molar-refractivity contribution in [3.63, 3.8) is 0 Å². The zero-order valence-electron chi connectivity index (χ0n) is 13.2. The summed E-state index contributed by atoms with van der Waals surface area (Å²) in [6.07, 6.45) is 1.74. The van der Waals surface area contributed by atoms with Crippen molar-refractivity contribution >= 4 is 27.7 Å². The Morgan fingerprint density at radius 2 is 1.83 bits per heavy atom. The van der Waals surface area contributed by atoms with E-state index in [0.29, 0.717) is 18.4 Å². The van der Waals surface area contributed by atoms with E-state index in [0.717, 1.165) is 6.26 Å². The summed E-state index contributed by atoms with van der Waals surface area (Å²) in [7, 11) is -3.78. The Hall–Kier alpha value is -1.15. The van der Waals surface area contributed by atoms with Crippen LogP contribution in [0.4, 0.5) is 0 Å². The van der Waals surface area contributed by atoms with E-state index in [1.54, 1.807) is 24.3 Å². The van der Waals surface area contributed by atoms with E-state index in [2.05, 4.69) is 0 Å². The molecule has 1 atom stereocenters. The molecule has 1 heterocycles. The molecular weight excluding hydrogens is 344 g/mol. The van der Waals surface area contributed by atoms with Gasteiger partial charge in [-0.2, -0.15) is 8.42 Å². The molecule has 1 fully saturated rings. The largest absolute Gasteiger partial charge is 0.431 e. The van der Waals surface area contributed by atoms with Crippen LogP contribution >= 0.6 is 11.6 Å². The predicted molar refractivity (Wildman–Crippen MR) is 84.4 cm³/mol. The maximum atomic E-state index is 12.6. The first-order valence-corrected chi connectivity index (χ1v) is 9.40. The fraction of sp³-hybridized carbons (Fsp3) is 0.533. The molecule has 0 aliphatic carbocycles. The lowest BCUT2D eigenvalue weighted by molar-refractivity contribution is -0.198. The molecule has 0 aromatic heterocycles. The molecule has 1 aliphatic heterocycles. The molecule has 0 saturated carbocycles. The summed E-state index contributed by atoms with van der Waals surface area (Å²) >= 11 is 6.20. The Labute approximate surface area is 140 Å². The summed E-state index contributed by atoms with van der Waals surface area (Å²) in [6, 6.07) is 6.56. The van der Waals surface area contributed by atoms with Gasteiger partial charge in [-0.25, -0.2) is 4.79 Å². The molecule has 0 bridgehead atoms. The van der Waals surface area contributed by atoms with Crippen LogP contribution in [-0.2, 0) is 34.2 Å². The SMILES string of the molecule is CCC1(CC)OC(=O)C(COS(C)(=O)=O)(c2ccccc2Cl)O1. The van der Waals surface area contributed by atoms with Gasteiger partial charge < -0.3 is 9.47 Å². The highest BCUT2D eigenvalue weighted by Gasteiger charge is 2.59. The lowest BCUT2D eigenvalue weighted by Crippen LogP contribution is -2.41. The molecular formula is C15H19ClO6S. The summed E-state index contributed by atoms with van der Waals surface area (Å²) in [5.74, 6) is -1.84. The Balaban J connectivity index is 2.53. The van der Waals surface area contributed by atoms with Crippen molar-refractivity contribution in [3.05, 3.63) is 34.9 Å². The fourth-order valence-corrected chi connectivity index (χ4v) is 3.15. The average molecular weight is 363 g/mol. The number of benzene rings is 1. The maximum absolute atomic E-state index is 12.6. The number of esters is 1. The minimum Gasteiger partial charge on any atom is -0.431 e. The third kappa shape index (κ3) is 3.52. The highest BCUT2D eigenvalue weighted by Crippen LogP contribution is 2.45. The number of carbonyl (C=O) groups is 1. The third-order valence-electron chi connectivity index (χ3n) is 3.83. The molecule has 1 saturated heterocycles. The predicted octanol–water partition coefficient (Wildman–Crippen LogP) is 2.60. The Kier molecular flexibility index (Phi) is 5.06. The monoisotopic (exact) mass is 362 g/mol. The zero-order chi connectivity index (χ0) is 17.3. The third-order valence-corrected chi connectivity index (χ3v) is 4.71. The summed E-state index contributed by atoms with van der Waals surface area (Å²) in [6.45, 7) is 3.10. The number of halogens is 1. The van der Waals surface area contributed by atoms with Gasteiger partial charge in [0.25, 0.3) is 10.1 Å². The van der Waals surface area contributed by atoms with Gasteiger partial charge in [-0.3, -0.25) is 4.18 Å². The fourth-order valence-electron chi connectivity index (χ4n) is 2.48. The Morgan fingerprint density at radius 1 is 1.22 bits per heavy atom. The second kappa shape index (κ2) is 6.39. The van der Waals surface area contributed by atoms with E-state index >= 15 is 0 Å². The van der Waals surface area contributed by atoms with Gasteiger partial charge >= 0.3 is 5.97 Å². The van der Waals surface area contributed by atoms with Gasteiger partial charge in [0, 0.05) is 23.4 Å². The van der Waals surface area contributed by atoms with Crippen LogP contribution in [0.25, 0.3) is 0 Å². The van der Waals surface area contributed by atoms with Crippen molar-refractivity contribution in [1.29, 1.82) is 0 Å². The minimum atomic E-state index is -3.78. The number of cyclic esters (lactones) is 1. The number of carbonyl (C=O) groups excluding carboxylic acids is 1. The molecule has 1 aromatic carbocycles. The van der Waals surface area contributed by atoms with E-state index in [1.807, 2.05) is 13.8 Å². The molecule has 1 aliphatic rings. The second-order valence-electron chi connectivity index (χ2n) is 5.38. The average Bonchev–Trinajstić information content (AvgIpc) is 2.79. The van der Waals surface area contributed by atoms with Crippen molar-refractivity contribution in [1.82, 2.24) is 0 Å². The summed E-state index contributed by atoms with van der Waals surface area (Å²) < 4.78 is 39.1. The normalized spacial score (nSPS) is 23.7. The molecule has 6 nitrogen and oxygen atoms in total. The van der Waals surface area contributed by atoms with E-state index in [4.69, 9.17) is 25.3 Å². The highest BCUT2D eigenvalue weighted by atomic mass is 35.5. The van der Waals surface area contributed by atoms with Crippen LogP contribution in [0.1, 0.15) is 32.3 Å². The van der Waals surface area contributed by atoms with Crippen LogP contribution in [-0.4, -0.2) is 33.0 Å². The van der Waals surface area contributed by atoms with Crippen molar-refractivity contribution in [2.75, 3.05) is 12.9 Å². The first-order valence-electron chi connectivity index (χ1n) is 7.21. The van der Waals surface area contributed by atoms with Crippen LogP contribution in [0.2, 0.25) is 5.02 Å². The van der Waals surface area contributed by atoms with E-state index in [-0.39, 0.29) is 5.02 Å².